The number of hydrogen-bond acceptors (Lipinski definition) is 7. The molecule has 11 heteroatoms. The number of carbonyl (C=O) groups excluding carboxylic acids is 1. The molecule has 0 aromatic heterocycles. The molecule has 0 atom stereocenters. The van der Waals surface area contributed by atoms with Crippen LogP contribution < -0.4 is 14.5 Å². The largest absolute Gasteiger partial charge is 0.494 e. The summed E-state index contributed by atoms with van der Waals surface area (Å²) in [6.07, 6.45) is 1.98. The Hall–Kier alpha value is -1.64. The highest BCUT2D eigenvalue weighted by molar-refractivity contribution is 7.41. The summed E-state index contributed by atoms with van der Waals surface area (Å²) in [7, 11) is 1.51. The van der Waals surface area contributed by atoms with Crippen LogP contribution in [0.2, 0.25) is 10.0 Å². The number of hydrogen-bond donors (Lipinski definition) is 0. The van der Waals surface area contributed by atoms with Gasteiger partial charge >= 0.3 is 8.60 Å². The minimum absolute atomic E-state index is 0.0315. The Bertz CT molecular complexity index is 1020. The van der Waals surface area contributed by atoms with Crippen molar-refractivity contribution >= 4 is 49.1 Å². The van der Waals surface area contributed by atoms with Crippen LogP contribution in [0.5, 0.6) is 5.75 Å². The van der Waals surface area contributed by atoms with Crippen molar-refractivity contribution in [3.05, 3.63) is 52.0 Å². The summed E-state index contributed by atoms with van der Waals surface area (Å²) in [5.74, 6) is 0.583. The molecule has 1 aliphatic heterocycles. The van der Waals surface area contributed by atoms with E-state index < -0.39 is 8.60 Å². The molecule has 0 N–H and O–H groups in total. The van der Waals surface area contributed by atoms with E-state index in [1.165, 1.54) is 21.1 Å². The van der Waals surface area contributed by atoms with Gasteiger partial charge in [0.15, 0.2) is 0 Å². The Morgan fingerprint density at radius 3 is 2.46 bits per heavy atom. The van der Waals surface area contributed by atoms with Crippen LogP contribution in [0.4, 0.5) is 11.4 Å². The second-order valence-corrected chi connectivity index (χ2v) is 10.9. The Balaban J connectivity index is 1.43. The van der Waals surface area contributed by atoms with Crippen LogP contribution in [0.15, 0.2) is 36.4 Å². The molecule has 0 aliphatic carbocycles. The van der Waals surface area contributed by atoms with Gasteiger partial charge in [-0.1, -0.05) is 35.3 Å². The topological polar surface area (TPSA) is 63.7 Å². The summed E-state index contributed by atoms with van der Waals surface area (Å²) in [5.41, 5.74) is 2.70. The molecule has 1 aliphatic rings. The zero-order valence-corrected chi connectivity index (χ0v) is 24.3. The highest BCUT2D eigenvalue weighted by atomic mass is 35.5. The fourth-order valence-corrected chi connectivity index (χ4v) is 5.15. The lowest BCUT2D eigenvalue weighted by atomic mass is 10.1. The monoisotopic (exact) mass is 571 g/mol. The minimum atomic E-state index is -1.50. The first-order valence-corrected chi connectivity index (χ1v) is 14.1. The van der Waals surface area contributed by atoms with Crippen LogP contribution in [0.1, 0.15) is 25.3 Å². The number of ether oxygens (including phenoxy) is 1. The van der Waals surface area contributed by atoms with Crippen molar-refractivity contribution in [2.75, 3.05) is 70.1 Å². The second-order valence-electron chi connectivity index (χ2n) is 8.70. The number of unbranched alkanes of at least 4 members (excludes halogenated alkanes) is 1. The van der Waals surface area contributed by atoms with Crippen molar-refractivity contribution in [2.24, 2.45) is 0 Å². The van der Waals surface area contributed by atoms with Gasteiger partial charge in [0.1, 0.15) is 12.5 Å². The minimum Gasteiger partial charge on any atom is -0.494 e. The lowest BCUT2D eigenvalue weighted by molar-refractivity contribution is -0.117. The molecule has 1 fully saturated rings. The van der Waals surface area contributed by atoms with Crippen LogP contribution in [-0.2, 0) is 18.4 Å². The standard InChI is InChI=1S/C26H36Cl2N3O5P/c1-20-10-11-22(18-25(20)31(21(2)32)19-36-37(33-3)34-4)35-17-6-5-12-29-13-15-30(16-14-29)24-9-7-8-23(27)26(24)28/h7-11,18H,5-6,12-17,19H2,1-4H3. The van der Waals surface area contributed by atoms with Crippen LogP contribution in [0.25, 0.3) is 0 Å². The predicted molar refractivity (Wildman–Crippen MR) is 151 cm³/mol. The molecule has 1 heterocycles. The maximum absolute atomic E-state index is 12.3. The average molecular weight is 572 g/mol. The molecule has 37 heavy (non-hydrogen) atoms. The maximum atomic E-state index is 12.3. The Morgan fingerprint density at radius 1 is 1.05 bits per heavy atom. The van der Waals surface area contributed by atoms with Gasteiger partial charge in [-0.2, -0.15) is 0 Å². The molecule has 2 aromatic rings. The van der Waals surface area contributed by atoms with Crippen LogP contribution in [-0.4, -0.2) is 71.1 Å². The predicted octanol–water partition coefficient (Wildman–Crippen LogP) is 6.13. The molecular weight excluding hydrogens is 536 g/mol. The van der Waals surface area contributed by atoms with E-state index in [0.29, 0.717) is 16.7 Å². The zero-order valence-electron chi connectivity index (χ0n) is 21.9. The molecule has 0 saturated carbocycles. The molecule has 0 radical (unpaired) electrons. The summed E-state index contributed by atoms with van der Waals surface area (Å²) >= 11 is 12.6. The van der Waals surface area contributed by atoms with Crippen molar-refractivity contribution < 1.29 is 23.1 Å². The molecular formula is C26H36Cl2N3O5P. The summed E-state index contributed by atoms with van der Waals surface area (Å²) in [6.45, 7) is 8.94. The smallest absolute Gasteiger partial charge is 0.333 e. The van der Waals surface area contributed by atoms with Gasteiger partial charge < -0.3 is 18.7 Å². The van der Waals surface area contributed by atoms with E-state index in [-0.39, 0.29) is 12.6 Å². The first kappa shape index (κ1) is 29.9. The molecule has 2 aromatic carbocycles. The van der Waals surface area contributed by atoms with E-state index in [1.807, 2.05) is 43.3 Å². The van der Waals surface area contributed by atoms with Gasteiger partial charge in [-0.25, -0.2) is 0 Å². The molecule has 8 nitrogen and oxygen atoms in total. The Kier molecular flexibility index (Phi) is 12.2. The third kappa shape index (κ3) is 8.69. The van der Waals surface area contributed by atoms with Gasteiger partial charge in [0.2, 0.25) is 5.91 Å². The van der Waals surface area contributed by atoms with E-state index in [2.05, 4.69) is 9.80 Å². The number of rotatable bonds is 13. The van der Waals surface area contributed by atoms with Gasteiger partial charge in [-0.3, -0.25) is 19.1 Å². The van der Waals surface area contributed by atoms with Gasteiger partial charge in [0.05, 0.1) is 28.0 Å². The first-order chi connectivity index (χ1) is 17.8. The lowest BCUT2D eigenvalue weighted by Gasteiger charge is -2.36. The number of piperazine rings is 1. The fourth-order valence-electron chi connectivity index (χ4n) is 4.16. The van der Waals surface area contributed by atoms with Crippen molar-refractivity contribution in [1.29, 1.82) is 0 Å². The quantitative estimate of drug-likeness (QED) is 0.163. The number of carbonyl (C=O) groups is 1. The number of amides is 1. The molecule has 1 amide bonds. The molecule has 204 valence electrons. The van der Waals surface area contributed by atoms with Crippen LogP contribution in [0, 0.1) is 6.92 Å². The average Bonchev–Trinajstić information content (AvgIpc) is 2.89. The van der Waals surface area contributed by atoms with Gasteiger partial charge in [-0.15, -0.1) is 0 Å². The van der Waals surface area contributed by atoms with Crippen LogP contribution >= 0.6 is 31.8 Å². The van der Waals surface area contributed by atoms with E-state index in [0.717, 1.165) is 68.3 Å². The van der Waals surface area contributed by atoms with Crippen molar-refractivity contribution in [2.45, 2.75) is 26.7 Å². The van der Waals surface area contributed by atoms with E-state index in [9.17, 15) is 4.79 Å². The maximum Gasteiger partial charge on any atom is 0.333 e. The number of aryl methyl sites for hydroxylation is 1. The highest BCUT2D eigenvalue weighted by Crippen LogP contribution is 2.38. The summed E-state index contributed by atoms with van der Waals surface area (Å²) in [6, 6.07) is 11.5. The highest BCUT2D eigenvalue weighted by Gasteiger charge is 2.20. The normalized spacial score (nSPS) is 14.3. The molecule has 0 unspecified atom stereocenters. The lowest BCUT2D eigenvalue weighted by Crippen LogP contribution is -2.46. The molecule has 0 spiro atoms. The van der Waals surface area contributed by atoms with E-state index >= 15 is 0 Å². The summed E-state index contributed by atoms with van der Waals surface area (Å²) < 4.78 is 21.8. The Morgan fingerprint density at radius 2 is 1.78 bits per heavy atom. The van der Waals surface area contributed by atoms with Gasteiger partial charge in [-0.05, 0) is 50.1 Å². The van der Waals surface area contributed by atoms with Crippen molar-refractivity contribution in [3.63, 3.8) is 0 Å². The first-order valence-electron chi connectivity index (χ1n) is 12.3. The number of anilines is 2. The molecule has 1 saturated heterocycles. The molecule has 3 rings (SSSR count). The van der Waals surface area contributed by atoms with Crippen LogP contribution in [0.3, 0.4) is 0 Å². The van der Waals surface area contributed by atoms with Gasteiger partial charge in [0, 0.05) is 53.4 Å². The van der Waals surface area contributed by atoms with Crippen molar-refractivity contribution in [1.82, 2.24) is 4.90 Å². The number of halogens is 2. The van der Waals surface area contributed by atoms with E-state index in [1.54, 1.807) is 4.90 Å². The van der Waals surface area contributed by atoms with Crippen molar-refractivity contribution in [3.8, 4) is 5.75 Å². The second kappa shape index (κ2) is 15.1. The SMILES string of the molecule is COP(OC)OCN(C(C)=O)c1cc(OCCCCN2CCN(c3cccc(Cl)c3Cl)CC2)ccc1C. The van der Waals surface area contributed by atoms with E-state index in [4.69, 9.17) is 41.5 Å². The third-order valence-electron chi connectivity index (χ3n) is 6.22. The number of nitrogens with zero attached hydrogens (tertiary/aromatic N) is 3. The fraction of sp³-hybridized carbons (Fsp3) is 0.500. The zero-order chi connectivity index (χ0) is 26.8. The molecule has 0 bridgehead atoms. The summed E-state index contributed by atoms with van der Waals surface area (Å²) in [4.78, 5) is 18.6. The Labute approximate surface area is 231 Å². The van der Waals surface area contributed by atoms with Gasteiger partial charge in [0.25, 0.3) is 0 Å². The summed E-state index contributed by atoms with van der Waals surface area (Å²) in [5, 5.41) is 1.22. The third-order valence-corrected chi connectivity index (χ3v) is 7.95. The number of benzene rings is 2.